The molecule has 1 N–H and O–H groups in total. The van der Waals surface area contributed by atoms with Crippen LogP contribution in [0.2, 0.25) is 0 Å². The Bertz CT molecular complexity index is 1120. The van der Waals surface area contributed by atoms with E-state index in [1.165, 1.54) is 23.1 Å². The summed E-state index contributed by atoms with van der Waals surface area (Å²) in [6.45, 7) is 3.48. The van der Waals surface area contributed by atoms with Gasteiger partial charge in [-0.2, -0.15) is 0 Å². The number of anilines is 3. The molecule has 2 aromatic heterocycles. The van der Waals surface area contributed by atoms with E-state index in [1.807, 2.05) is 36.1 Å². The fourth-order valence-corrected chi connectivity index (χ4v) is 3.47. The van der Waals surface area contributed by atoms with Crippen LogP contribution in [0.4, 0.5) is 30.6 Å². The number of carbonyl (C=O) groups is 1. The van der Waals surface area contributed by atoms with E-state index in [9.17, 15) is 18.0 Å². The van der Waals surface area contributed by atoms with Gasteiger partial charge < -0.3 is 19.9 Å². The number of hydrogen-bond acceptors (Lipinski definition) is 7. The molecule has 8 nitrogen and oxygen atoms in total. The monoisotopic (exact) mass is 458 g/mol. The van der Waals surface area contributed by atoms with Crippen molar-refractivity contribution in [3.05, 3.63) is 65.9 Å². The van der Waals surface area contributed by atoms with Gasteiger partial charge >= 0.3 is 6.36 Å². The normalized spacial score (nSPS) is 14.2. The maximum atomic E-state index is 12.8. The number of aromatic nitrogens is 3. The van der Waals surface area contributed by atoms with Crippen molar-refractivity contribution in [1.82, 2.24) is 20.1 Å². The third kappa shape index (κ3) is 5.68. The number of pyridine rings is 1. The standard InChI is InChI=1S/C22H21F3N6O2/c1-15-5-4-8-18(26-15)27-19-9-10-20(29-28-19)30-11-13-31(14-12-30)21(32)16-6-2-3-7-17(16)33-22(23,24)25/h2-10H,11-14H2,1H3,(H,26,27,28). The maximum absolute atomic E-state index is 12.8. The van der Waals surface area contributed by atoms with Gasteiger partial charge in [-0.05, 0) is 43.3 Å². The summed E-state index contributed by atoms with van der Waals surface area (Å²) in [7, 11) is 0. The number of aryl methyl sites for hydroxylation is 1. The molecule has 1 aliphatic rings. The second-order valence-corrected chi connectivity index (χ2v) is 7.39. The molecule has 1 amide bonds. The molecule has 0 aliphatic carbocycles. The van der Waals surface area contributed by atoms with Crippen LogP contribution < -0.4 is 15.0 Å². The van der Waals surface area contributed by atoms with Gasteiger partial charge in [0, 0.05) is 31.9 Å². The van der Waals surface area contributed by atoms with Crippen molar-refractivity contribution in [1.29, 1.82) is 0 Å². The number of halogens is 3. The van der Waals surface area contributed by atoms with E-state index < -0.39 is 18.0 Å². The number of nitrogens with zero attached hydrogens (tertiary/aromatic N) is 5. The van der Waals surface area contributed by atoms with Crippen LogP contribution in [0.25, 0.3) is 0 Å². The fraction of sp³-hybridized carbons (Fsp3) is 0.273. The van der Waals surface area contributed by atoms with Gasteiger partial charge in [0.25, 0.3) is 5.91 Å². The van der Waals surface area contributed by atoms with Gasteiger partial charge in [0.05, 0.1) is 5.56 Å². The van der Waals surface area contributed by atoms with Crippen LogP contribution in [0.15, 0.2) is 54.6 Å². The first-order chi connectivity index (χ1) is 15.8. The Morgan fingerprint density at radius 1 is 0.939 bits per heavy atom. The second kappa shape index (κ2) is 9.31. The number of nitrogens with one attached hydrogen (secondary N) is 1. The van der Waals surface area contributed by atoms with Crippen LogP contribution in [0.3, 0.4) is 0 Å². The lowest BCUT2D eigenvalue weighted by Gasteiger charge is -2.35. The van der Waals surface area contributed by atoms with Crippen molar-refractivity contribution in [2.24, 2.45) is 0 Å². The smallest absolute Gasteiger partial charge is 0.405 e. The second-order valence-electron chi connectivity index (χ2n) is 7.39. The summed E-state index contributed by atoms with van der Waals surface area (Å²) in [4.78, 5) is 20.6. The van der Waals surface area contributed by atoms with E-state index in [2.05, 4.69) is 25.2 Å². The SMILES string of the molecule is Cc1cccc(Nc2ccc(N3CCN(C(=O)c4ccccc4OC(F)(F)F)CC3)nn2)n1. The average Bonchev–Trinajstić information content (AvgIpc) is 2.79. The maximum Gasteiger partial charge on any atom is 0.573 e. The van der Waals surface area contributed by atoms with E-state index in [0.29, 0.717) is 43.6 Å². The van der Waals surface area contributed by atoms with Gasteiger partial charge in [-0.1, -0.05) is 18.2 Å². The number of ether oxygens (including phenoxy) is 1. The summed E-state index contributed by atoms with van der Waals surface area (Å²) in [6, 6.07) is 14.6. The summed E-state index contributed by atoms with van der Waals surface area (Å²) >= 11 is 0. The molecule has 0 radical (unpaired) electrons. The molecule has 0 atom stereocenters. The molecule has 0 saturated carbocycles. The zero-order chi connectivity index (χ0) is 23.4. The average molecular weight is 458 g/mol. The van der Waals surface area contributed by atoms with Crippen molar-refractivity contribution in [2.75, 3.05) is 36.4 Å². The highest BCUT2D eigenvalue weighted by Gasteiger charge is 2.34. The molecule has 4 rings (SSSR count). The van der Waals surface area contributed by atoms with Crippen molar-refractivity contribution in [3.8, 4) is 5.75 Å². The van der Waals surface area contributed by atoms with Crippen LogP contribution in [0.1, 0.15) is 16.1 Å². The molecular weight excluding hydrogens is 437 g/mol. The van der Waals surface area contributed by atoms with Gasteiger partial charge in [0.1, 0.15) is 11.6 Å². The van der Waals surface area contributed by atoms with E-state index in [0.717, 1.165) is 11.8 Å². The van der Waals surface area contributed by atoms with Crippen LogP contribution in [-0.2, 0) is 0 Å². The number of piperazine rings is 1. The number of hydrogen-bond donors (Lipinski definition) is 1. The number of amides is 1. The Labute approximate surface area is 188 Å². The highest BCUT2D eigenvalue weighted by atomic mass is 19.4. The largest absolute Gasteiger partial charge is 0.573 e. The minimum Gasteiger partial charge on any atom is -0.405 e. The zero-order valence-corrected chi connectivity index (χ0v) is 17.7. The van der Waals surface area contributed by atoms with Gasteiger partial charge in [0.15, 0.2) is 11.6 Å². The Kier molecular flexibility index (Phi) is 6.29. The van der Waals surface area contributed by atoms with Crippen LogP contribution in [-0.4, -0.2) is 58.5 Å². The number of alkyl halides is 3. The highest BCUT2D eigenvalue weighted by molar-refractivity contribution is 5.97. The number of rotatable bonds is 5. The lowest BCUT2D eigenvalue weighted by Crippen LogP contribution is -2.49. The van der Waals surface area contributed by atoms with Crippen molar-refractivity contribution in [2.45, 2.75) is 13.3 Å². The molecule has 0 bridgehead atoms. The lowest BCUT2D eigenvalue weighted by molar-refractivity contribution is -0.274. The minimum atomic E-state index is -4.87. The van der Waals surface area contributed by atoms with Gasteiger partial charge in [0.2, 0.25) is 0 Å². The molecule has 1 aromatic carbocycles. The molecule has 1 fully saturated rings. The summed E-state index contributed by atoms with van der Waals surface area (Å²) in [5.41, 5.74) is 0.757. The number of para-hydroxylation sites is 1. The molecule has 3 heterocycles. The summed E-state index contributed by atoms with van der Waals surface area (Å²) in [6.07, 6.45) is -4.87. The highest BCUT2D eigenvalue weighted by Crippen LogP contribution is 2.27. The van der Waals surface area contributed by atoms with E-state index in [1.54, 1.807) is 6.07 Å². The molecule has 33 heavy (non-hydrogen) atoms. The van der Waals surface area contributed by atoms with Gasteiger partial charge in [-0.3, -0.25) is 4.79 Å². The van der Waals surface area contributed by atoms with E-state index >= 15 is 0 Å². The Morgan fingerprint density at radius 2 is 1.70 bits per heavy atom. The van der Waals surface area contributed by atoms with E-state index in [-0.39, 0.29) is 5.56 Å². The third-order valence-electron chi connectivity index (χ3n) is 5.03. The Hall–Kier alpha value is -3.89. The van der Waals surface area contributed by atoms with Gasteiger partial charge in [-0.25, -0.2) is 4.98 Å². The minimum absolute atomic E-state index is 0.122. The molecule has 0 spiro atoms. The molecule has 1 saturated heterocycles. The van der Waals surface area contributed by atoms with E-state index in [4.69, 9.17) is 0 Å². The topological polar surface area (TPSA) is 83.5 Å². The third-order valence-corrected chi connectivity index (χ3v) is 5.03. The van der Waals surface area contributed by atoms with Crippen molar-refractivity contribution in [3.63, 3.8) is 0 Å². The summed E-state index contributed by atoms with van der Waals surface area (Å²) < 4.78 is 42.0. The van der Waals surface area contributed by atoms with Crippen molar-refractivity contribution >= 4 is 23.4 Å². The molecule has 0 unspecified atom stereocenters. The van der Waals surface area contributed by atoms with Crippen LogP contribution in [0.5, 0.6) is 5.75 Å². The predicted octanol–water partition coefficient (Wildman–Crippen LogP) is 3.78. The number of carbonyl (C=O) groups excluding carboxylic acids is 1. The predicted molar refractivity (Wildman–Crippen MR) is 116 cm³/mol. The first-order valence-corrected chi connectivity index (χ1v) is 10.2. The molecular formula is C22H21F3N6O2. The Balaban J connectivity index is 1.37. The van der Waals surface area contributed by atoms with Gasteiger partial charge in [-0.15, -0.1) is 23.4 Å². The first-order valence-electron chi connectivity index (χ1n) is 10.2. The van der Waals surface area contributed by atoms with Crippen LogP contribution >= 0.6 is 0 Å². The quantitative estimate of drug-likeness (QED) is 0.623. The summed E-state index contributed by atoms with van der Waals surface area (Å²) in [5.74, 6) is 0.844. The molecule has 172 valence electrons. The number of benzene rings is 1. The summed E-state index contributed by atoms with van der Waals surface area (Å²) in [5, 5.41) is 11.5. The van der Waals surface area contributed by atoms with Crippen LogP contribution in [0, 0.1) is 6.92 Å². The molecule has 1 aliphatic heterocycles. The fourth-order valence-electron chi connectivity index (χ4n) is 3.47. The lowest BCUT2D eigenvalue weighted by atomic mass is 10.1. The van der Waals surface area contributed by atoms with Crippen molar-refractivity contribution < 1.29 is 22.7 Å². The molecule has 3 aromatic rings. The first kappa shape index (κ1) is 22.3. The Morgan fingerprint density at radius 3 is 2.36 bits per heavy atom. The zero-order valence-electron chi connectivity index (χ0n) is 17.7. The molecule has 11 heteroatoms.